The van der Waals surface area contributed by atoms with Crippen molar-refractivity contribution in [1.82, 2.24) is 0 Å². The molecule has 0 spiro atoms. The topological polar surface area (TPSA) is 46.2 Å². The lowest BCUT2D eigenvalue weighted by Crippen LogP contribution is -2.11. The molecule has 0 amide bonds. The van der Waals surface area contributed by atoms with E-state index < -0.39 is 15.6 Å². The summed E-state index contributed by atoms with van der Waals surface area (Å²) in [4.78, 5) is -0.342. The number of nitrogens with one attached hydrogen (secondary N) is 1. The molecule has 0 radical (unpaired) electrons. The lowest BCUT2D eigenvalue weighted by Gasteiger charge is -2.07. The van der Waals surface area contributed by atoms with Gasteiger partial charge in [0, 0.05) is 12.2 Å². The molecule has 1 aromatic rings. The molecule has 18 heavy (non-hydrogen) atoms. The van der Waals surface area contributed by atoms with E-state index in [2.05, 4.69) is 5.32 Å². The average Bonchev–Trinajstić information content (AvgIpc) is 3.13. The number of alkyl halides is 2. The summed E-state index contributed by atoms with van der Waals surface area (Å²) in [6.07, 6.45) is 3.66. The molecule has 1 aromatic carbocycles. The summed E-state index contributed by atoms with van der Waals surface area (Å²) in [6.45, 7) is 0.825. The summed E-state index contributed by atoms with van der Waals surface area (Å²) in [7, 11) is -4.48. The highest BCUT2D eigenvalue weighted by atomic mass is 32.2. The fourth-order valence-electron chi connectivity index (χ4n) is 1.69. The van der Waals surface area contributed by atoms with Crippen LogP contribution in [0.3, 0.4) is 0 Å². The highest BCUT2D eigenvalue weighted by molar-refractivity contribution is 7.91. The molecular weight excluding hydrogens is 260 g/mol. The monoisotopic (exact) mass is 275 g/mol. The molecule has 6 heteroatoms. The Balaban J connectivity index is 1.96. The first-order valence-electron chi connectivity index (χ1n) is 5.86. The Morgan fingerprint density at radius 3 is 2.33 bits per heavy atom. The van der Waals surface area contributed by atoms with Crippen molar-refractivity contribution in [3.05, 3.63) is 24.3 Å². The average molecular weight is 275 g/mol. The molecule has 1 saturated carbocycles. The van der Waals surface area contributed by atoms with Gasteiger partial charge >= 0.3 is 5.76 Å². The van der Waals surface area contributed by atoms with Crippen molar-refractivity contribution >= 4 is 15.5 Å². The molecular formula is C12H15F2NO2S. The zero-order chi connectivity index (χ0) is 13.2. The molecule has 1 N–H and O–H groups in total. The van der Waals surface area contributed by atoms with Crippen molar-refractivity contribution in [2.75, 3.05) is 11.9 Å². The number of anilines is 1. The first kappa shape index (κ1) is 13.3. The Morgan fingerprint density at radius 1 is 1.22 bits per heavy atom. The van der Waals surface area contributed by atoms with Gasteiger partial charge in [-0.05, 0) is 36.6 Å². The van der Waals surface area contributed by atoms with Crippen molar-refractivity contribution in [2.24, 2.45) is 5.92 Å². The quantitative estimate of drug-likeness (QED) is 0.868. The van der Waals surface area contributed by atoms with Crippen LogP contribution in [-0.4, -0.2) is 20.7 Å². The Morgan fingerprint density at radius 2 is 1.83 bits per heavy atom. The van der Waals surface area contributed by atoms with Gasteiger partial charge in [-0.25, -0.2) is 8.42 Å². The molecule has 1 aliphatic carbocycles. The van der Waals surface area contributed by atoms with Gasteiger partial charge in [-0.2, -0.15) is 8.78 Å². The fraction of sp³-hybridized carbons (Fsp3) is 0.500. The summed E-state index contributed by atoms with van der Waals surface area (Å²) in [6, 6.07) is 5.45. The maximum Gasteiger partial charge on any atom is 0.341 e. The first-order chi connectivity index (χ1) is 8.50. The van der Waals surface area contributed by atoms with Gasteiger partial charge in [0.05, 0.1) is 4.90 Å². The molecule has 0 bridgehead atoms. The second kappa shape index (κ2) is 5.22. The van der Waals surface area contributed by atoms with Crippen molar-refractivity contribution in [3.63, 3.8) is 0 Å². The molecule has 0 heterocycles. The summed E-state index contributed by atoms with van der Waals surface area (Å²) in [5.74, 6) is -2.55. The zero-order valence-corrected chi connectivity index (χ0v) is 10.6. The van der Waals surface area contributed by atoms with Crippen LogP contribution in [0.2, 0.25) is 0 Å². The van der Waals surface area contributed by atoms with Crippen LogP contribution in [0, 0.1) is 5.92 Å². The second-order valence-corrected chi connectivity index (χ2v) is 6.41. The Labute approximate surface area is 105 Å². The molecule has 0 aromatic heterocycles. The van der Waals surface area contributed by atoms with Crippen LogP contribution in [0.5, 0.6) is 0 Å². The van der Waals surface area contributed by atoms with Crippen molar-refractivity contribution in [1.29, 1.82) is 0 Å². The molecule has 3 nitrogen and oxygen atoms in total. The standard InChI is InChI=1S/C12H15F2NO2S/c13-12(14)18(16,17)11-5-3-10(4-6-11)15-8-7-9-1-2-9/h3-6,9,12,15H,1-2,7-8H2. The third kappa shape index (κ3) is 3.19. The molecule has 0 aliphatic heterocycles. The molecule has 0 saturated heterocycles. The van der Waals surface area contributed by atoms with Gasteiger partial charge in [0.2, 0.25) is 9.84 Å². The number of hydrogen-bond donors (Lipinski definition) is 1. The highest BCUT2D eigenvalue weighted by Crippen LogP contribution is 2.32. The van der Waals surface area contributed by atoms with E-state index in [-0.39, 0.29) is 4.90 Å². The van der Waals surface area contributed by atoms with E-state index in [0.29, 0.717) is 0 Å². The molecule has 0 atom stereocenters. The summed E-state index contributed by atoms with van der Waals surface area (Å²) < 4.78 is 47.0. The van der Waals surface area contributed by atoms with Crippen LogP contribution in [0.25, 0.3) is 0 Å². The lowest BCUT2D eigenvalue weighted by atomic mass is 10.2. The van der Waals surface area contributed by atoms with E-state index in [1.54, 1.807) is 0 Å². The van der Waals surface area contributed by atoms with Gasteiger partial charge in [-0.15, -0.1) is 0 Å². The predicted molar refractivity (Wildman–Crippen MR) is 65.5 cm³/mol. The Bertz CT molecular complexity index is 495. The highest BCUT2D eigenvalue weighted by Gasteiger charge is 2.26. The lowest BCUT2D eigenvalue weighted by molar-refractivity contribution is 0.234. The minimum atomic E-state index is -4.48. The Kier molecular flexibility index (Phi) is 3.85. The molecule has 2 rings (SSSR count). The van der Waals surface area contributed by atoms with E-state index in [1.807, 2.05) is 0 Å². The van der Waals surface area contributed by atoms with Crippen LogP contribution < -0.4 is 5.32 Å². The van der Waals surface area contributed by atoms with Crippen LogP contribution in [0.1, 0.15) is 19.3 Å². The van der Waals surface area contributed by atoms with Crippen LogP contribution in [0.4, 0.5) is 14.5 Å². The number of rotatable bonds is 6. The van der Waals surface area contributed by atoms with E-state index in [0.717, 1.165) is 24.6 Å². The second-order valence-electron chi connectivity index (χ2n) is 4.49. The van der Waals surface area contributed by atoms with Crippen LogP contribution in [0.15, 0.2) is 29.2 Å². The summed E-state index contributed by atoms with van der Waals surface area (Å²) in [5.41, 5.74) is 0.754. The van der Waals surface area contributed by atoms with Gasteiger partial charge in [0.1, 0.15) is 0 Å². The van der Waals surface area contributed by atoms with Gasteiger partial charge in [0.15, 0.2) is 0 Å². The van der Waals surface area contributed by atoms with Gasteiger partial charge in [-0.3, -0.25) is 0 Å². The van der Waals surface area contributed by atoms with E-state index in [1.165, 1.54) is 37.1 Å². The third-order valence-electron chi connectivity index (χ3n) is 3.00. The van der Waals surface area contributed by atoms with Crippen molar-refractivity contribution < 1.29 is 17.2 Å². The minimum Gasteiger partial charge on any atom is -0.385 e. The maximum atomic E-state index is 12.3. The van der Waals surface area contributed by atoms with E-state index in [4.69, 9.17) is 0 Å². The summed E-state index contributed by atoms with van der Waals surface area (Å²) >= 11 is 0. The predicted octanol–water partition coefficient (Wildman–Crippen LogP) is 2.89. The number of benzene rings is 1. The number of sulfone groups is 1. The normalized spacial score (nSPS) is 15.9. The third-order valence-corrected chi connectivity index (χ3v) is 4.39. The largest absolute Gasteiger partial charge is 0.385 e. The van der Waals surface area contributed by atoms with Crippen molar-refractivity contribution in [3.8, 4) is 0 Å². The molecule has 1 fully saturated rings. The molecule has 0 unspecified atom stereocenters. The maximum absolute atomic E-state index is 12.3. The van der Waals surface area contributed by atoms with Crippen LogP contribution >= 0.6 is 0 Å². The van der Waals surface area contributed by atoms with Gasteiger partial charge < -0.3 is 5.32 Å². The minimum absolute atomic E-state index is 0.342. The first-order valence-corrected chi connectivity index (χ1v) is 7.41. The Hall–Kier alpha value is -1.17. The molecule has 1 aliphatic rings. The zero-order valence-electron chi connectivity index (χ0n) is 9.77. The van der Waals surface area contributed by atoms with E-state index >= 15 is 0 Å². The fourth-order valence-corrected chi connectivity index (χ4v) is 2.41. The smallest absolute Gasteiger partial charge is 0.341 e. The SMILES string of the molecule is O=S(=O)(c1ccc(NCCC2CC2)cc1)C(F)F. The number of halogens is 2. The molecule has 100 valence electrons. The van der Waals surface area contributed by atoms with E-state index in [9.17, 15) is 17.2 Å². The van der Waals surface area contributed by atoms with Crippen molar-refractivity contribution in [2.45, 2.75) is 29.9 Å². The van der Waals surface area contributed by atoms with Crippen LogP contribution in [-0.2, 0) is 9.84 Å². The van der Waals surface area contributed by atoms with Gasteiger partial charge in [0.25, 0.3) is 0 Å². The van der Waals surface area contributed by atoms with Gasteiger partial charge in [-0.1, -0.05) is 12.8 Å². The summed E-state index contributed by atoms with van der Waals surface area (Å²) in [5, 5.41) is 3.14. The number of hydrogen-bond acceptors (Lipinski definition) is 3.